The van der Waals surface area contributed by atoms with E-state index in [9.17, 15) is 19.5 Å². The minimum absolute atomic E-state index is 0.182. The summed E-state index contributed by atoms with van der Waals surface area (Å²) in [7, 11) is 2.07. The summed E-state index contributed by atoms with van der Waals surface area (Å²) in [6.07, 6.45) is 0.220. The SMILES string of the molecule is CCOC(=O)c1c(NC(=O)CCC(=O)[O-])sc2c1CC[NH+](C)C2. The molecule has 8 heteroatoms. The third kappa shape index (κ3) is 4.29. The number of thiophene rings is 1. The van der Waals surface area contributed by atoms with Crippen LogP contribution in [-0.4, -0.2) is 38.0 Å². The molecular formula is C15H20N2O5S. The van der Waals surface area contributed by atoms with Crippen LogP contribution in [0.5, 0.6) is 0 Å². The maximum Gasteiger partial charge on any atom is 0.341 e. The van der Waals surface area contributed by atoms with Crippen LogP contribution >= 0.6 is 11.3 Å². The smallest absolute Gasteiger partial charge is 0.341 e. The van der Waals surface area contributed by atoms with Gasteiger partial charge in [-0.2, -0.15) is 0 Å². The van der Waals surface area contributed by atoms with Gasteiger partial charge in [0.15, 0.2) is 0 Å². The van der Waals surface area contributed by atoms with Crippen molar-refractivity contribution in [2.75, 3.05) is 25.5 Å². The number of nitrogens with one attached hydrogen (secondary N) is 2. The third-order valence-electron chi connectivity index (χ3n) is 3.64. The fourth-order valence-corrected chi connectivity index (χ4v) is 3.90. The Morgan fingerprint density at radius 3 is 2.74 bits per heavy atom. The molecule has 1 atom stereocenters. The van der Waals surface area contributed by atoms with Gasteiger partial charge in [0, 0.05) is 18.8 Å². The summed E-state index contributed by atoms with van der Waals surface area (Å²) in [6, 6.07) is 0. The highest BCUT2D eigenvalue weighted by Gasteiger charge is 2.30. The second-order valence-electron chi connectivity index (χ2n) is 5.48. The molecule has 0 bridgehead atoms. The van der Waals surface area contributed by atoms with Crippen LogP contribution in [-0.2, 0) is 27.3 Å². The van der Waals surface area contributed by atoms with Crippen molar-refractivity contribution in [3.8, 4) is 0 Å². The molecule has 0 aromatic carbocycles. The zero-order valence-electron chi connectivity index (χ0n) is 13.2. The molecule has 2 N–H and O–H groups in total. The summed E-state index contributed by atoms with van der Waals surface area (Å²) < 4.78 is 5.11. The number of anilines is 1. The Morgan fingerprint density at radius 1 is 1.35 bits per heavy atom. The number of amides is 1. The van der Waals surface area contributed by atoms with Gasteiger partial charge in [0.05, 0.1) is 30.6 Å². The van der Waals surface area contributed by atoms with Crippen LogP contribution in [0.1, 0.15) is 40.6 Å². The van der Waals surface area contributed by atoms with Crippen molar-refractivity contribution in [2.45, 2.75) is 32.7 Å². The number of rotatable bonds is 6. The van der Waals surface area contributed by atoms with E-state index in [1.807, 2.05) is 0 Å². The topological polar surface area (TPSA) is 100.0 Å². The second kappa shape index (κ2) is 7.56. The minimum atomic E-state index is -1.28. The van der Waals surface area contributed by atoms with Crippen molar-refractivity contribution in [1.82, 2.24) is 0 Å². The number of hydrogen-bond acceptors (Lipinski definition) is 6. The Bertz CT molecular complexity index is 626. The maximum atomic E-state index is 12.2. The molecule has 0 saturated heterocycles. The van der Waals surface area contributed by atoms with E-state index < -0.39 is 17.8 Å². The van der Waals surface area contributed by atoms with Crippen molar-refractivity contribution in [3.63, 3.8) is 0 Å². The van der Waals surface area contributed by atoms with Gasteiger partial charge >= 0.3 is 5.97 Å². The number of carbonyl (C=O) groups excluding carboxylic acids is 3. The zero-order valence-corrected chi connectivity index (χ0v) is 14.0. The number of carbonyl (C=O) groups is 3. The molecule has 2 heterocycles. The number of aliphatic carboxylic acids is 1. The Kier molecular flexibility index (Phi) is 5.73. The van der Waals surface area contributed by atoms with Crippen LogP contribution in [0, 0.1) is 0 Å². The number of likely N-dealkylation sites (N-methyl/N-ethyl adjacent to an activating group) is 1. The predicted octanol–water partition coefficient (Wildman–Crippen LogP) is -1.04. The Balaban J connectivity index is 2.25. The van der Waals surface area contributed by atoms with E-state index in [2.05, 4.69) is 12.4 Å². The molecule has 0 fully saturated rings. The standard InChI is InChI=1S/C15H20N2O5S/c1-3-22-15(21)13-9-6-7-17(2)8-10(9)23-14(13)16-11(18)4-5-12(19)20/h3-8H2,1-2H3,(H,16,18)(H,19,20). The summed E-state index contributed by atoms with van der Waals surface area (Å²) in [6.45, 7) is 3.69. The van der Waals surface area contributed by atoms with Gasteiger partial charge in [-0.1, -0.05) is 0 Å². The van der Waals surface area contributed by atoms with E-state index in [1.165, 1.54) is 16.2 Å². The van der Waals surface area contributed by atoms with E-state index >= 15 is 0 Å². The van der Waals surface area contributed by atoms with Gasteiger partial charge in [-0.15, -0.1) is 11.3 Å². The molecule has 23 heavy (non-hydrogen) atoms. The minimum Gasteiger partial charge on any atom is -0.550 e. The summed E-state index contributed by atoms with van der Waals surface area (Å²) in [5.74, 6) is -2.17. The molecule has 1 aliphatic rings. The average molecular weight is 340 g/mol. The first-order valence-electron chi connectivity index (χ1n) is 7.55. The number of fused-ring (bicyclic) bond motifs is 1. The molecule has 0 radical (unpaired) electrons. The molecule has 1 aromatic heterocycles. The monoisotopic (exact) mass is 340 g/mol. The van der Waals surface area contributed by atoms with Crippen LogP contribution in [0.2, 0.25) is 0 Å². The normalized spacial score (nSPS) is 16.5. The molecule has 126 valence electrons. The summed E-state index contributed by atoms with van der Waals surface area (Å²) in [5, 5.41) is 13.6. The fourth-order valence-electron chi connectivity index (χ4n) is 2.53. The van der Waals surface area contributed by atoms with Crippen molar-refractivity contribution in [1.29, 1.82) is 0 Å². The zero-order chi connectivity index (χ0) is 17.0. The lowest BCUT2D eigenvalue weighted by Crippen LogP contribution is -3.08. The lowest BCUT2D eigenvalue weighted by Gasteiger charge is -2.19. The molecule has 1 amide bonds. The van der Waals surface area contributed by atoms with Gasteiger partial charge in [-0.05, 0) is 18.9 Å². The maximum absolute atomic E-state index is 12.2. The molecule has 1 unspecified atom stereocenters. The van der Waals surface area contributed by atoms with Crippen molar-refractivity contribution < 1.29 is 29.1 Å². The van der Waals surface area contributed by atoms with Crippen molar-refractivity contribution in [3.05, 3.63) is 16.0 Å². The number of quaternary nitrogens is 1. The first kappa shape index (κ1) is 17.4. The van der Waals surface area contributed by atoms with E-state index in [4.69, 9.17) is 4.74 Å². The van der Waals surface area contributed by atoms with Crippen LogP contribution < -0.4 is 15.3 Å². The molecule has 2 rings (SSSR count). The Labute approximate surface area is 138 Å². The number of hydrogen-bond donors (Lipinski definition) is 2. The molecule has 7 nitrogen and oxygen atoms in total. The molecule has 0 saturated carbocycles. The fraction of sp³-hybridized carbons (Fsp3) is 0.533. The molecule has 1 aromatic rings. The first-order chi connectivity index (χ1) is 10.9. The third-order valence-corrected chi connectivity index (χ3v) is 4.79. The number of esters is 1. The molecular weight excluding hydrogens is 320 g/mol. The number of ether oxygens (including phenoxy) is 1. The largest absolute Gasteiger partial charge is 0.550 e. The highest BCUT2D eigenvalue weighted by atomic mass is 32.1. The van der Waals surface area contributed by atoms with Crippen LogP contribution in [0.15, 0.2) is 0 Å². The second-order valence-corrected chi connectivity index (χ2v) is 6.59. The van der Waals surface area contributed by atoms with Crippen LogP contribution in [0.4, 0.5) is 5.00 Å². The average Bonchev–Trinajstić information content (AvgIpc) is 2.82. The summed E-state index contributed by atoms with van der Waals surface area (Å²) in [4.78, 5) is 37.0. The van der Waals surface area contributed by atoms with Crippen LogP contribution in [0.25, 0.3) is 0 Å². The highest BCUT2D eigenvalue weighted by Crippen LogP contribution is 2.35. The van der Waals surface area contributed by atoms with Gasteiger partial charge in [0.1, 0.15) is 11.5 Å². The number of carboxylic acid groups (broad SMARTS) is 1. The van der Waals surface area contributed by atoms with Gasteiger partial charge in [-0.3, -0.25) is 4.79 Å². The number of carboxylic acids is 1. The van der Waals surface area contributed by atoms with Gasteiger partial charge in [0.25, 0.3) is 0 Å². The lowest BCUT2D eigenvalue weighted by atomic mass is 10.0. The molecule has 0 spiro atoms. The van der Waals surface area contributed by atoms with Crippen LogP contribution in [0.3, 0.4) is 0 Å². The van der Waals surface area contributed by atoms with Gasteiger partial charge < -0.3 is 24.9 Å². The predicted molar refractivity (Wildman–Crippen MR) is 82.3 cm³/mol. The van der Waals surface area contributed by atoms with Gasteiger partial charge in [-0.25, -0.2) is 4.79 Å². The summed E-state index contributed by atoms with van der Waals surface area (Å²) in [5.41, 5.74) is 1.36. The van der Waals surface area contributed by atoms with E-state index in [0.717, 1.165) is 30.0 Å². The van der Waals surface area contributed by atoms with E-state index in [1.54, 1.807) is 6.92 Å². The van der Waals surface area contributed by atoms with Gasteiger partial charge in [0.2, 0.25) is 5.91 Å². The quantitative estimate of drug-likeness (QED) is 0.645. The Morgan fingerprint density at radius 2 is 2.09 bits per heavy atom. The molecule has 0 aliphatic carbocycles. The van der Waals surface area contributed by atoms with Crippen molar-refractivity contribution >= 4 is 34.2 Å². The molecule has 1 aliphatic heterocycles. The highest BCUT2D eigenvalue weighted by molar-refractivity contribution is 7.17. The van der Waals surface area contributed by atoms with Crippen molar-refractivity contribution in [2.24, 2.45) is 0 Å². The van der Waals surface area contributed by atoms with E-state index in [0.29, 0.717) is 10.6 Å². The lowest BCUT2D eigenvalue weighted by molar-refractivity contribution is -0.895. The summed E-state index contributed by atoms with van der Waals surface area (Å²) >= 11 is 1.37. The Hall–Kier alpha value is -1.93. The van der Waals surface area contributed by atoms with E-state index in [-0.39, 0.29) is 19.4 Å². The first-order valence-corrected chi connectivity index (χ1v) is 8.36.